The molecular weight excluding hydrogens is 434 g/mol. The van der Waals surface area contributed by atoms with Crippen LogP contribution < -0.4 is 16.4 Å². The Hall–Kier alpha value is -2.96. The molecule has 4 rings (SSSR count). The lowest BCUT2D eigenvalue weighted by Crippen LogP contribution is -2.57. The summed E-state index contributed by atoms with van der Waals surface area (Å²) in [5.41, 5.74) is -0.535. The number of hydrogen-bond donors (Lipinski definition) is 3. The highest BCUT2D eigenvalue weighted by Crippen LogP contribution is 2.30. The van der Waals surface area contributed by atoms with Gasteiger partial charge in [0.15, 0.2) is 0 Å². The summed E-state index contributed by atoms with van der Waals surface area (Å²) in [6.45, 7) is 1.92. The van der Waals surface area contributed by atoms with E-state index in [9.17, 15) is 20.0 Å². The van der Waals surface area contributed by atoms with Gasteiger partial charge in [-0.2, -0.15) is 10.2 Å². The number of piperidine rings is 1. The van der Waals surface area contributed by atoms with Crippen molar-refractivity contribution in [3.8, 4) is 6.07 Å². The fourth-order valence-corrected chi connectivity index (χ4v) is 5.17. The number of nitrogens with one attached hydrogen (secondary N) is 2. The molecule has 1 aliphatic carbocycles. The molecular formula is C25H33N5O4. The average Bonchev–Trinajstić information content (AvgIpc) is 2.85. The Morgan fingerprint density at radius 1 is 1.26 bits per heavy atom. The van der Waals surface area contributed by atoms with Crippen molar-refractivity contribution in [2.45, 2.75) is 62.9 Å². The molecule has 1 saturated carbocycles. The third-order valence-corrected chi connectivity index (χ3v) is 7.17. The van der Waals surface area contributed by atoms with Crippen LogP contribution in [0.25, 0.3) is 11.0 Å². The van der Waals surface area contributed by atoms with Crippen LogP contribution in [0, 0.1) is 17.2 Å². The molecule has 1 aliphatic heterocycles. The number of aliphatic hydroxyl groups is 1. The molecule has 2 heterocycles. The van der Waals surface area contributed by atoms with E-state index in [2.05, 4.69) is 26.6 Å². The van der Waals surface area contributed by atoms with Crippen molar-refractivity contribution in [1.29, 1.82) is 5.26 Å². The third-order valence-electron chi connectivity index (χ3n) is 7.17. The van der Waals surface area contributed by atoms with Gasteiger partial charge in [-0.1, -0.05) is 44.2 Å². The molecule has 0 bridgehead atoms. The number of aromatic nitrogens is 1. The number of para-hydroxylation sites is 1. The number of anilines is 1. The zero-order valence-corrected chi connectivity index (χ0v) is 19.5. The quantitative estimate of drug-likeness (QED) is 0.539. The number of fused-ring (bicyclic) bond motifs is 1. The Morgan fingerprint density at radius 2 is 2.00 bits per heavy atom. The molecule has 1 saturated heterocycles. The molecule has 0 spiro atoms. The van der Waals surface area contributed by atoms with Crippen LogP contribution in [-0.2, 0) is 4.79 Å². The summed E-state index contributed by atoms with van der Waals surface area (Å²) >= 11 is 0. The highest BCUT2D eigenvalue weighted by molar-refractivity contribution is 5.91. The molecule has 34 heavy (non-hydrogen) atoms. The maximum absolute atomic E-state index is 13.6. The van der Waals surface area contributed by atoms with Crippen LogP contribution in [-0.4, -0.2) is 58.7 Å². The smallest absolute Gasteiger partial charge is 0.408 e. The molecule has 2 aliphatic rings. The Morgan fingerprint density at radius 3 is 2.71 bits per heavy atom. The second-order valence-electron chi connectivity index (χ2n) is 9.51. The van der Waals surface area contributed by atoms with Crippen LogP contribution >= 0.6 is 0 Å². The van der Waals surface area contributed by atoms with Gasteiger partial charge in [-0.3, -0.25) is 4.79 Å². The number of carbonyl (C=O) groups is 1. The van der Waals surface area contributed by atoms with Crippen LogP contribution in [0.5, 0.6) is 0 Å². The lowest BCUT2D eigenvalue weighted by atomic mass is 9.84. The predicted octanol–water partition coefficient (Wildman–Crippen LogP) is 2.41. The summed E-state index contributed by atoms with van der Waals surface area (Å²) in [5.74, 6) is -0.246. The average molecular weight is 468 g/mol. The summed E-state index contributed by atoms with van der Waals surface area (Å²) in [6.07, 6.45) is 7.26. The number of β-amino-alcohol motifs (C(OH)–C–C–N with tert-alkyl or cyclic N) is 1. The summed E-state index contributed by atoms with van der Waals surface area (Å²) < 4.78 is 5.21. The first-order chi connectivity index (χ1) is 16.5. The van der Waals surface area contributed by atoms with Crippen LogP contribution in [0.4, 0.5) is 5.82 Å². The van der Waals surface area contributed by atoms with Gasteiger partial charge in [0.25, 0.3) is 0 Å². The van der Waals surface area contributed by atoms with E-state index in [1.165, 1.54) is 6.42 Å². The minimum absolute atomic E-state index is 0.0747. The Kier molecular flexibility index (Phi) is 7.80. The summed E-state index contributed by atoms with van der Waals surface area (Å²) in [4.78, 5) is 31.8. The predicted molar refractivity (Wildman–Crippen MR) is 128 cm³/mol. The van der Waals surface area contributed by atoms with E-state index in [1.54, 1.807) is 18.2 Å². The molecule has 2 fully saturated rings. The van der Waals surface area contributed by atoms with Gasteiger partial charge in [0, 0.05) is 19.6 Å². The summed E-state index contributed by atoms with van der Waals surface area (Å²) in [6, 6.07) is 8.83. The van der Waals surface area contributed by atoms with Gasteiger partial charge in [0.1, 0.15) is 23.0 Å². The molecule has 9 nitrogen and oxygen atoms in total. The summed E-state index contributed by atoms with van der Waals surface area (Å²) in [5, 5.41) is 26.1. The van der Waals surface area contributed by atoms with Gasteiger partial charge in [-0.25, -0.2) is 4.79 Å². The lowest BCUT2D eigenvalue weighted by Gasteiger charge is -2.38. The van der Waals surface area contributed by atoms with E-state index >= 15 is 0 Å². The van der Waals surface area contributed by atoms with E-state index in [0.717, 1.165) is 25.7 Å². The van der Waals surface area contributed by atoms with Gasteiger partial charge in [0.2, 0.25) is 5.91 Å². The Balaban J connectivity index is 1.56. The molecule has 2 aromatic rings. The fraction of sp³-hybridized carbons (Fsp3) is 0.600. The number of likely N-dealkylation sites (tertiary alicyclic amines) is 1. The maximum Gasteiger partial charge on any atom is 0.441 e. The number of benzene rings is 1. The van der Waals surface area contributed by atoms with Crippen molar-refractivity contribution in [3.63, 3.8) is 0 Å². The Bertz CT molecular complexity index is 1080. The van der Waals surface area contributed by atoms with E-state index in [4.69, 9.17) is 4.42 Å². The molecule has 1 aromatic heterocycles. The second-order valence-corrected chi connectivity index (χ2v) is 9.51. The first kappa shape index (κ1) is 24.2. The fourth-order valence-electron chi connectivity index (χ4n) is 5.17. The molecule has 182 valence electrons. The molecule has 0 radical (unpaired) electrons. The van der Waals surface area contributed by atoms with Crippen molar-refractivity contribution in [2.24, 2.45) is 5.92 Å². The van der Waals surface area contributed by atoms with Crippen molar-refractivity contribution < 1.29 is 14.3 Å². The molecule has 9 heteroatoms. The van der Waals surface area contributed by atoms with E-state index in [-0.39, 0.29) is 12.5 Å². The summed E-state index contributed by atoms with van der Waals surface area (Å²) in [7, 11) is 0. The highest BCUT2D eigenvalue weighted by Gasteiger charge is 2.38. The van der Waals surface area contributed by atoms with E-state index < -0.39 is 17.3 Å². The molecule has 1 unspecified atom stereocenters. The standard InChI is InChI=1S/C25H33N5O4/c26-17-25(10-12-30(13-11-25)14-15-31)29-23(32)20(16-18-6-2-1-3-7-18)27-22-19-8-4-5-9-21(19)34-24(33)28-22/h4-5,8-9,18,20,31H,1-3,6-7,10-16H2,(H,29,32)(H,27,28,33). The molecule has 1 aromatic carbocycles. The van der Waals surface area contributed by atoms with Gasteiger partial charge >= 0.3 is 5.76 Å². The topological polar surface area (TPSA) is 131 Å². The normalized spacial score (nSPS) is 19.9. The van der Waals surface area contributed by atoms with Crippen molar-refractivity contribution in [1.82, 2.24) is 15.2 Å². The van der Waals surface area contributed by atoms with Crippen LogP contribution in [0.15, 0.2) is 33.5 Å². The monoisotopic (exact) mass is 467 g/mol. The van der Waals surface area contributed by atoms with Gasteiger partial charge in [-0.15, -0.1) is 0 Å². The number of nitrogens with zero attached hydrogens (tertiary/aromatic N) is 3. The molecule has 3 N–H and O–H groups in total. The number of carbonyl (C=O) groups excluding carboxylic acids is 1. The maximum atomic E-state index is 13.6. The minimum atomic E-state index is -0.944. The lowest BCUT2D eigenvalue weighted by molar-refractivity contribution is -0.124. The minimum Gasteiger partial charge on any atom is -0.408 e. The molecule has 1 atom stereocenters. The highest BCUT2D eigenvalue weighted by atomic mass is 16.4. The van der Waals surface area contributed by atoms with E-state index in [1.807, 2.05) is 6.07 Å². The van der Waals surface area contributed by atoms with Gasteiger partial charge < -0.3 is 25.1 Å². The number of hydrogen-bond acceptors (Lipinski definition) is 8. The van der Waals surface area contributed by atoms with Crippen molar-refractivity contribution >= 4 is 22.7 Å². The van der Waals surface area contributed by atoms with Gasteiger partial charge in [-0.05, 0) is 37.3 Å². The van der Waals surface area contributed by atoms with Crippen molar-refractivity contribution in [2.75, 3.05) is 31.6 Å². The van der Waals surface area contributed by atoms with Crippen LogP contribution in [0.1, 0.15) is 51.4 Å². The number of rotatable bonds is 8. The molecule has 1 amide bonds. The largest absolute Gasteiger partial charge is 0.441 e. The first-order valence-corrected chi connectivity index (χ1v) is 12.2. The second kappa shape index (κ2) is 11.0. The van der Waals surface area contributed by atoms with E-state index in [0.29, 0.717) is 61.6 Å². The SMILES string of the molecule is N#CC1(NC(=O)C(CC2CCCCC2)Nc2nc(=O)oc3ccccc23)CCN(CCO)CC1. The van der Waals surface area contributed by atoms with Crippen LogP contribution in [0.2, 0.25) is 0 Å². The zero-order chi connectivity index (χ0) is 24.0. The Labute approximate surface area is 199 Å². The van der Waals surface area contributed by atoms with Gasteiger partial charge in [0.05, 0.1) is 18.1 Å². The number of nitriles is 1. The zero-order valence-electron chi connectivity index (χ0n) is 19.5. The van der Waals surface area contributed by atoms with Crippen molar-refractivity contribution in [3.05, 3.63) is 34.8 Å². The van der Waals surface area contributed by atoms with Crippen LogP contribution in [0.3, 0.4) is 0 Å². The number of amides is 1. The third kappa shape index (κ3) is 5.75. The first-order valence-electron chi connectivity index (χ1n) is 12.2. The number of aliphatic hydroxyl groups excluding tert-OH is 1.